The van der Waals surface area contributed by atoms with E-state index in [1.54, 1.807) is 4.90 Å². The Hall–Kier alpha value is -0.0900. The van der Waals surface area contributed by atoms with E-state index < -0.39 is 5.60 Å². The van der Waals surface area contributed by atoms with Crippen LogP contribution in [0.25, 0.3) is 0 Å². The van der Waals surface area contributed by atoms with E-state index in [9.17, 15) is 9.90 Å². The van der Waals surface area contributed by atoms with Crippen LogP contribution in [-0.4, -0.2) is 39.9 Å². The molecule has 1 saturated heterocycles. The number of amides is 1. The molecule has 2 rings (SSSR count). The van der Waals surface area contributed by atoms with E-state index in [1.165, 1.54) is 0 Å². The molecular formula is C8H12BrNO2. The van der Waals surface area contributed by atoms with Crippen molar-refractivity contribution in [3.05, 3.63) is 0 Å². The quantitative estimate of drug-likeness (QED) is 0.701. The monoisotopic (exact) mass is 233 g/mol. The van der Waals surface area contributed by atoms with Gasteiger partial charge < -0.3 is 10.0 Å². The number of carbonyl (C=O) groups is 1. The Balaban J connectivity index is 1.85. The number of nitrogens with zero attached hydrogens (tertiary/aromatic N) is 1. The minimum Gasteiger partial charge on any atom is -0.386 e. The van der Waals surface area contributed by atoms with Gasteiger partial charge in [0, 0.05) is 0 Å². The molecule has 2 fully saturated rings. The number of hydrogen-bond donors (Lipinski definition) is 1. The average molecular weight is 234 g/mol. The number of halogens is 1. The van der Waals surface area contributed by atoms with Gasteiger partial charge in [0.25, 0.3) is 0 Å². The van der Waals surface area contributed by atoms with Gasteiger partial charge in [-0.2, -0.15) is 0 Å². The van der Waals surface area contributed by atoms with Crippen LogP contribution >= 0.6 is 15.9 Å². The maximum absolute atomic E-state index is 11.1. The fourth-order valence-electron chi connectivity index (χ4n) is 1.75. The molecule has 3 nitrogen and oxygen atoms in total. The summed E-state index contributed by atoms with van der Waals surface area (Å²) in [6.07, 6.45) is 2.26. The van der Waals surface area contributed by atoms with Gasteiger partial charge in [-0.3, -0.25) is 4.79 Å². The molecule has 68 valence electrons. The van der Waals surface area contributed by atoms with Crippen molar-refractivity contribution in [2.75, 3.05) is 18.4 Å². The Morgan fingerprint density at radius 1 is 1.58 bits per heavy atom. The van der Waals surface area contributed by atoms with Crippen molar-refractivity contribution in [1.82, 2.24) is 4.90 Å². The van der Waals surface area contributed by atoms with Crippen molar-refractivity contribution in [3.8, 4) is 0 Å². The molecule has 0 aromatic rings. The average Bonchev–Trinajstić information content (AvgIpc) is 2.79. The Kier molecular flexibility index (Phi) is 1.92. The lowest BCUT2D eigenvalue weighted by Gasteiger charge is -2.46. The predicted molar refractivity (Wildman–Crippen MR) is 48.0 cm³/mol. The zero-order chi connectivity index (χ0) is 8.77. The van der Waals surface area contributed by atoms with Crippen molar-refractivity contribution >= 4 is 21.8 Å². The number of β-amino-alcohol motifs (C(OH)–C–C–N with tert-alkyl or cyclic N) is 1. The summed E-state index contributed by atoms with van der Waals surface area (Å²) in [7, 11) is 0. The highest BCUT2D eigenvalue weighted by molar-refractivity contribution is 9.09. The molecule has 1 saturated carbocycles. The first-order valence-corrected chi connectivity index (χ1v) is 5.34. The Labute approximate surface area is 79.9 Å². The van der Waals surface area contributed by atoms with E-state index in [-0.39, 0.29) is 5.91 Å². The lowest BCUT2D eigenvalue weighted by molar-refractivity contribution is -0.156. The third-order valence-electron chi connectivity index (χ3n) is 2.73. The normalized spacial score (nSPS) is 26.7. The van der Waals surface area contributed by atoms with Gasteiger partial charge in [0.1, 0.15) is 5.60 Å². The minimum atomic E-state index is -0.530. The summed E-state index contributed by atoms with van der Waals surface area (Å²) in [5.74, 6) is 0.553. The summed E-state index contributed by atoms with van der Waals surface area (Å²) in [5, 5.41) is 10.2. The SMILES string of the molecule is O=C(CBr)N1CC(O)(C2CC2)C1. The van der Waals surface area contributed by atoms with Crippen LogP contribution < -0.4 is 0 Å². The lowest BCUT2D eigenvalue weighted by atomic mass is 9.89. The van der Waals surface area contributed by atoms with Crippen LogP contribution in [0.5, 0.6) is 0 Å². The van der Waals surface area contributed by atoms with E-state index in [0.717, 1.165) is 12.8 Å². The predicted octanol–water partition coefficient (Wildman–Crippen LogP) is 0.365. The van der Waals surface area contributed by atoms with Gasteiger partial charge in [-0.15, -0.1) is 0 Å². The van der Waals surface area contributed by atoms with E-state index in [2.05, 4.69) is 15.9 Å². The summed E-state index contributed by atoms with van der Waals surface area (Å²) in [4.78, 5) is 12.8. The molecule has 0 aromatic carbocycles. The molecule has 1 N–H and O–H groups in total. The molecule has 1 aliphatic carbocycles. The topological polar surface area (TPSA) is 40.5 Å². The van der Waals surface area contributed by atoms with E-state index >= 15 is 0 Å². The van der Waals surface area contributed by atoms with Gasteiger partial charge in [-0.05, 0) is 18.8 Å². The van der Waals surface area contributed by atoms with Gasteiger partial charge in [-0.25, -0.2) is 0 Å². The smallest absolute Gasteiger partial charge is 0.233 e. The second kappa shape index (κ2) is 2.70. The third-order valence-corrected chi connectivity index (χ3v) is 3.21. The van der Waals surface area contributed by atoms with Crippen LogP contribution in [0, 0.1) is 5.92 Å². The molecule has 0 bridgehead atoms. The number of likely N-dealkylation sites (tertiary alicyclic amines) is 1. The third kappa shape index (κ3) is 1.27. The number of alkyl halides is 1. The molecular weight excluding hydrogens is 222 g/mol. The van der Waals surface area contributed by atoms with Crippen LogP contribution in [0.3, 0.4) is 0 Å². The second-order valence-electron chi connectivity index (χ2n) is 3.76. The zero-order valence-electron chi connectivity index (χ0n) is 6.79. The largest absolute Gasteiger partial charge is 0.386 e. The summed E-state index contributed by atoms with van der Waals surface area (Å²) >= 11 is 3.11. The molecule has 0 radical (unpaired) electrons. The molecule has 1 aliphatic heterocycles. The van der Waals surface area contributed by atoms with Crippen LogP contribution in [0.2, 0.25) is 0 Å². The maximum Gasteiger partial charge on any atom is 0.233 e. The first-order valence-electron chi connectivity index (χ1n) is 4.22. The fraction of sp³-hybridized carbons (Fsp3) is 0.875. The van der Waals surface area contributed by atoms with Gasteiger partial charge in [0.15, 0.2) is 0 Å². The maximum atomic E-state index is 11.1. The summed E-state index contributed by atoms with van der Waals surface area (Å²) < 4.78 is 0. The highest BCUT2D eigenvalue weighted by Crippen LogP contribution is 2.44. The zero-order valence-corrected chi connectivity index (χ0v) is 8.38. The molecule has 0 unspecified atom stereocenters. The highest BCUT2D eigenvalue weighted by Gasteiger charge is 2.52. The number of rotatable bonds is 2. The van der Waals surface area contributed by atoms with Crippen molar-refractivity contribution in [3.63, 3.8) is 0 Å². The van der Waals surface area contributed by atoms with Crippen LogP contribution in [-0.2, 0) is 4.79 Å². The standard InChI is InChI=1S/C8H12BrNO2/c9-3-7(11)10-4-8(12,5-10)6-1-2-6/h6,12H,1-5H2. The lowest BCUT2D eigenvalue weighted by Crippen LogP contribution is -2.65. The van der Waals surface area contributed by atoms with E-state index in [1.807, 2.05) is 0 Å². The van der Waals surface area contributed by atoms with Crippen LogP contribution in [0.15, 0.2) is 0 Å². The fourth-order valence-corrected chi connectivity index (χ4v) is 2.11. The first kappa shape index (κ1) is 8.51. The van der Waals surface area contributed by atoms with Crippen molar-refractivity contribution in [2.24, 2.45) is 5.92 Å². The van der Waals surface area contributed by atoms with Crippen LogP contribution in [0.4, 0.5) is 0 Å². The molecule has 1 amide bonds. The summed E-state index contributed by atoms with van der Waals surface area (Å²) in [5.41, 5.74) is -0.530. The second-order valence-corrected chi connectivity index (χ2v) is 4.32. The number of carbonyl (C=O) groups excluding carboxylic acids is 1. The molecule has 2 aliphatic rings. The van der Waals surface area contributed by atoms with E-state index in [4.69, 9.17) is 0 Å². The van der Waals surface area contributed by atoms with E-state index in [0.29, 0.717) is 24.3 Å². The molecule has 0 spiro atoms. The summed E-state index contributed by atoms with van der Waals surface area (Å²) in [6.45, 7) is 1.09. The van der Waals surface area contributed by atoms with Crippen molar-refractivity contribution in [1.29, 1.82) is 0 Å². The van der Waals surface area contributed by atoms with Crippen LogP contribution in [0.1, 0.15) is 12.8 Å². The molecule has 12 heavy (non-hydrogen) atoms. The molecule has 1 heterocycles. The summed E-state index contributed by atoms with van der Waals surface area (Å²) in [6, 6.07) is 0. The van der Waals surface area contributed by atoms with Gasteiger partial charge in [0.05, 0.1) is 18.4 Å². The molecule has 0 atom stereocenters. The molecule has 0 aromatic heterocycles. The van der Waals surface area contributed by atoms with Gasteiger partial charge in [-0.1, -0.05) is 15.9 Å². The van der Waals surface area contributed by atoms with Crippen molar-refractivity contribution in [2.45, 2.75) is 18.4 Å². The van der Waals surface area contributed by atoms with Gasteiger partial charge in [0.2, 0.25) is 5.91 Å². The van der Waals surface area contributed by atoms with Crippen molar-refractivity contribution < 1.29 is 9.90 Å². The highest BCUT2D eigenvalue weighted by atomic mass is 79.9. The van der Waals surface area contributed by atoms with Gasteiger partial charge >= 0.3 is 0 Å². The Bertz CT molecular complexity index is 209. The molecule has 4 heteroatoms. The Morgan fingerprint density at radius 2 is 2.17 bits per heavy atom. The number of hydrogen-bond acceptors (Lipinski definition) is 2. The first-order chi connectivity index (χ1) is 5.65. The number of aliphatic hydroxyl groups is 1. The minimum absolute atomic E-state index is 0.0836. The Morgan fingerprint density at radius 3 is 2.58 bits per heavy atom.